The molecular formula is C25H22N6O2. The number of anilines is 1. The molecule has 0 spiro atoms. The molecule has 1 saturated carbocycles. The number of ether oxygens (including phenoxy) is 1. The van der Waals surface area contributed by atoms with Crippen LogP contribution >= 0.6 is 0 Å². The number of aryl methyl sites for hydroxylation is 1. The molecule has 4 aromatic rings. The van der Waals surface area contributed by atoms with Crippen LogP contribution in [0.2, 0.25) is 0 Å². The SMILES string of the molecule is Cc1ccc(-c2ccc3c(c2)C(=O)Nc2cccc(n2)-c2nncn2C2CC(CO3)C2)cn1. The summed E-state index contributed by atoms with van der Waals surface area (Å²) in [4.78, 5) is 22.3. The van der Waals surface area contributed by atoms with Crippen molar-refractivity contribution in [1.29, 1.82) is 0 Å². The van der Waals surface area contributed by atoms with Crippen LogP contribution in [-0.2, 0) is 0 Å². The average Bonchev–Trinajstić information content (AvgIpc) is 3.28. The maximum absolute atomic E-state index is 13.3. The second kappa shape index (κ2) is 7.81. The summed E-state index contributed by atoms with van der Waals surface area (Å²) in [6.07, 6.45) is 5.51. The molecule has 3 aliphatic rings. The number of amides is 1. The van der Waals surface area contributed by atoms with Crippen molar-refractivity contribution in [3.8, 4) is 28.4 Å². The van der Waals surface area contributed by atoms with E-state index in [2.05, 4.69) is 30.0 Å². The zero-order valence-electron chi connectivity index (χ0n) is 18.1. The fourth-order valence-electron chi connectivity index (χ4n) is 4.43. The monoisotopic (exact) mass is 438 g/mol. The minimum Gasteiger partial charge on any atom is -0.492 e. The van der Waals surface area contributed by atoms with Crippen molar-refractivity contribution in [3.05, 3.63) is 72.3 Å². The van der Waals surface area contributed by atoms with Crippen molar-refractivity contribution in [2.45, 2.75) is 25.8 Å². The Morgan fingerprint density at radius 3 is 2.82 bits per heavy atom. The summed E-state index contributed by atoms with van der Waals surface area (Å²) in [5, 5.41) is 11.3. The van der Waals surface area contributed by atoms with E-state index in [-0.39, 0.29) is 5.91 Å². The number of rotatable bonds is 1. The average molecular weight is 438 g/mol. The maximum atomic E-state index is 13.3. The van der Waals surface area contributed by atoms with E-state index in [0.29, 0.717) is 47.2 Å². The van der Waals surface area contributed by atoms with Crippen molar-refractivity contribution in [2.75, 3.05) is 11.9 Å². The van der Waals surface area contributed by atoms with Gasteiger partial charge in [0, 0.05) is 23.5 Å². The molecule has 8 nitrogen and oxygen atoms in total. The summed E-state index contributed by atoms with van der Waals surface area (Å²) in [7, 11) is 0. The summed E-state index contributed by atoms with van der Waals surface area (Å²) >= 11 is 0. The second-order valence-electron chi connectivity index (χ2n) is 8.63. The Balaban J connectivity index is 1.41. The highest BCUT2D eigenvalue weighted by molar-refractivity contribution is 6.06. The molecule has 1 N–H and O–H groups in total. The summed E-state index contributed by atoms with van der Waals surface area (Å²) in [5.41, 5.74) is 3.94. The largest absolute Gasteiger partial charge is 0.492 e. The van der Waals surface area contributed by atoms with Gasteiger partial charge in [0.1, 0.15) is 23.6 Å². The summed E-state index contributed by atoms with van der Waals surface area (Å²) < 4.78 is 8.23. The number of carbonyl (C=O) groups excluding carboxylic acids is 1. The van der Waals surface area contributed by atoms with Gasteiger partial charge in [-0.2, -0.15) is 0 Å². The topological polar surface area (TPSA) is 94.8 Å². The summed E-state index contributed by atoms with van der Waals surface area (Å²) in [5.74, 6) is 1.86. The molecule has 1 aromatic carbocycles. The molecule has 1 fully saturated rings. The van der Waals surface area contributed by atoms with Gasteiger partial charge in [-0.05, 0) is 61.6 Å². The molecular weight excluding hydrogens is 416 g/mol. The summed E-state index contributed by atoms with van der Waals surface area (Å²) in [6, 6.07) is 15.5. The molecule has 0 saturated heterocycles. The molecule has 33 heavy (non-hydrogen) atoms. The molecule has 1 amide bonds. The van der Waals surface area contributed by atoms with Crippen molar-refractivity contribution >= 4 is 11.7 Å². The first-order valence-corrected chi connectivity index (χ1v) is 11.0. The Labute approximate surface area is 190 Å². The van der Waals surface area contributed by atoms with Crippen LogP contribution in [0.3, 0.4) is 0 Å². The van der Waals surface area contributed by atoms with Crippen LogP contribution in [0.15, 0.2) is 61.1 Å². The van der Waals surface area contributed by atoms with Crippen molar-refractivity contribution in [2.24, 2.45) is 5.92 Å². The molecule has 0 unspecified atom stereocenters. The lowest BCUT2D eigenvalue weighted by Gasteiger charge is -2.36. The van der Waals surface area contributed by atoms with Crippen molar-refractivity contribution in [1.82, 2.24) is 24.7 Å². The van der Waals surface area contributed by atoms with Gasteiger partial charge in [-0.15, -0.1) is 10.2 Å². The number of aromatic nitrogens is 5. The minimum absolute atomic E-state index is 0.276. The number of carbonyl (C=O) groups is 1. The smallest absolute Gasteiger partial charge is 0.260 e. The van der Waals surface area contributed by atoms with Crippen molar-refractivity contribution < 1.29 is 9.53 Å². The van der Waals surface area contributed by atoms with Gasteiger partial charge in [-0.3, -0.25) is 9.78 Å². The lowest BCUT2D eigenvalue weighted by molar-refractivity contribution is 0.101. The first kappa shape index (κ1) is 19.6. The van der Waals surface area contributed by atoms with E-state index in [4.69, 9.17) is 4.74 Å². The standard InChI is InChI=1S/C25H22N6O2/c1-15-5-6-18(12-26-15)17-7-8-22-20(11-17)25(32)29-23-4-2-3-21(28-23)24-30-27-14-31(24)19-9-16(10-19)13-33-22/h2-8,11-12,14,16,19H,9-10,13H2,1H3,(H,28,29,32). The first-order valence-electron chi connectivity index (χ1n) is 11.0. The fourth-order valence-corrected chi connectivity index (χ4v) is 4.43. The summed E-state index contributed by atoms with van der Waals surface area (Å²) in [6.45, 7) is 2.51. The van der Waals surface area contributed by atoms with Crippen LogP contribution in [-0.4, -0.2) is 37.2 Å². The maximum Gasteiger partial charge on any atom is 0.260 e. The third kappa shape index (κ3) is 3.63. The number of benzene rings is 1. The van der Waals surface area contributed by atoms with Gasteiger partial charge in [0.2, 0.25) is 0 Å². The van der Waals surface area contributed by atoms with Crippen LogP contribution < -0.4 is 10.1 Å². The van der Waals surface area contributed by atoms with Crippen LogP contribution in [0, 0.1) is 12.8 Å². The van der Waals surface area contributed by atoms with Gasteiger partial charge in [0.15, 0.2) is 5.82 Å². The number of hydrogen-bond acceptors (Lipinski definition) is 6. The minimum atomic E-state index is -0.276. The number of pyridine rings is 2. The Bertz CT molecular complexity index is 1340. The molecule has 7 rings (SSSR count). The van der Waals surface area contributed by atoms with Crippen LogP contribution in [0.5, 0.6) is 5.75 Å². The third-order valence-corrected chi connectivity index (χ3v) is 6.34. The fraction of sp³-hybridized carbons (Fsp3) is 0.240. The quantitative estimate of drug-likeness (QED) is 0.476. The molecule has 3 aromatic heterocycles. The third-order valence-electron chi connectivity index (χ3n) is 6.34. The highest BCUT2D eigenvalue weighted by Gasteiger charge is 2.33. The normalized spacial score (nSPS) is 19.2. The van der Waals surface area contributed by atoms with Gasteiger partial charge in [0.25, 0.3) is 5.91 Å². The van der Waals surface area contributed by atoms with Crippen molar-refractivity contribution in [3.63, 3.8) is 0 Å². The first-order chi connectivity index (χ1) is 16.1. The zero-order chi connectivity index (χ0) is 22.4. The number of nitrogens with one attached hydrogen (secondary N) is 1. The number of fused-ring (bicyclic) bond motifs is 2. The van der Waals surface area contributed by atoms with E-state index in [9.17, 15) is 4.79 Å². The molecule has 0 radical (unpaired) electrons. The van der Waals surface area contributed by atoms with Crippen LogP contribution in [0.4, 0.5) is 5.82 Å². The highest BCUT2D eigenvalue weighted by atomic mass is 16.5. The number of nitrogens with zero attached hydrogens (tertiary/aromatic N) is 5. The van der Waals surface area contributed by atoms with Crippen LogP contribution in [0.25, 0.3) is 22.6 Å². The second-order valence-corrected chi connectivity index (χ2v) is 8.63. The Morgan fingerprint density at radius 1 is 1.09 bits per heavy atom. The van der Waals surface area contributed by atoms with E-state index in [0.717, 1.165) is 29.7 Å². The molecule has 2 aliphatic heterocycles. The predicted molar refractivity (Wildman–Crippen MR) is 123 cm³/mol. The Kier molecular flexibility index (Phi) is 4.64. The zero-order valence-corrected chi connectivity index (χ0v) is 18.1. The molecule has 164 valence electrons. The van der Waals surface area contributed by atoms with Gasteiger partial charge in [-0.25, -0.2) is 4.98 Å². The molecule has 0 atom stereocenters. The highest BCUT2D eigenvalue weighted by Crippen LogP contribution is 2.40. The Morgan fingerprint density at radius 2 is 1.97 bits per heavy atom. The molecule has 4 bridgehead atoms. The number of hydrogen-bond donors (Lipinski definition) is 1. The van der Waals surface area contributed by atoms with E-state index in [1.165, 1.54) is 0 Å². The van der Waals surface area contributed by atoms with Gasteiger partial charge >= 0.3 is 0 Å². The van der Waals surface area contributed by atoms with Crippen LogP contribution in [0.1, 0.15) is 34.9 Å². The van der Waals surface area contributed by atoms with Gasteiger partial charge in [-0.1, -0.05) is 18.2 Å². The van der Waals surface area contributed by atoms with Gasteiger partial charge < -0.3 is 14.6 Å². The van der Waals surface area contributed by atoms with E-state index in [1.807, 2.05) is 55.6 Å². The van der Waals surface area contributed by atoms with E-state index < -0.39 is 0 Å². The predicted octanol–water partition coefficient (Wildman–Crippen LogP) is 4.31. The molecule has 1 aliphatic carbocycles. The van der Waals surface area contributed by atoms with E-state index >= 15 is 0 Å². The lowest BCUT2D eigenvalue weighted by atomic mass is 9.80. The Hall–Kier alpha value is -4.07. The van der Waals surface area contributed by atoms with E-state index in [1.54, 1.807) is 12.4 Å². The molecule has 8 heteroatoms. The van der Waals surface area contributed by atoms with Gasteiger partial charge in [0.05, 0.1) is 12.2 Å². The lowest BCUT2D eigenvalue weighted by Crippen LogP contribution is -2.31. The molecule has 5 heterocycles.